The maximum Gasteiger partial charge on any atom is 0.318 e. The summed E-state index contributed by atoms with van der Waals surface area (Å²) >= 11 is 6.75. The summed E-state index contributed by atoms with van der Waals surface area (Å²) in [5.41, 5.74) is 0. The van der Waals surface area contributed by atoms with Gasteiger partial charge in [0, 0.05) is 6.54 Å². The van der Waals surface area contributed by atoms with E-state index in [0.717, 1.165) is 15.6 Å². The molecule has 1 aromatic rings. The molecule has 0 unspecified atom stereocenters. The smallest absolute Gasteiger partial charge is 0.318 e. The Morgan fingerprint density at radius 3 is 2.65 bits per heavy atom. The number of nitrogens with zero attached hydrogens (tertiary/aromatic N) is 1. The van der Waals surface area contributed by atoms with Crippen molar-refractivity contribution in [1.82, 2.24) is 4.31 Å². The van der Waals surface area contributed by atoms with Crippen molar-refractivity contribution < 1.29 is 18.3 Å². The van der Waals surface area contributed by atoms with E-state index in [0.29, 0.717) is 6.42 Å². The summed E-state index contributed by atoms with van der Waals surface area (Å²) in [6.07, 6.45) is 0.537. The van der Waals surface area contributed by atoms with Gasteiger partial charge in [0.25, 0.3) is 10.0 Å². The average Bonchev–Trinajstić information content (AvgIpc) is 2.63. The summed E-state index contributed by atoms with van der Waals surface area (Å²) in [7, 11) is -3.81. The summed E-state index contributed by atoms with van der Waals surface area (Å²) in [5.74, 6) is -1.19. The van der Waals surface area contributed by atoms with Gasteiger partial charge in [-0.1, -0.05) is 18.5 Å². The van der Waals surface area contributed by atoms with Crippen molar-refractivity contribution in [2.75, 3.05) is 13.1 Å². The van der Waals surface area contributed by atoms with Crippen molar-refractivity contribution in [3.63, 3.8) is 0 Å². The molecule has 1 rings (SSSR count). The normalized spacial score (nSPS) is 11.9. The summed E-state index contributed by atoms with van der Waals surface area (Å²) in [4.78, 5) is 10.7. The van der Waals surface area contributed by atoms with Crippen LogP contribution >= 0.6 is 22.9 Å². The number of carboxylic acids is 1. The van der Waals surface area contributed by atoms with Gasteiger partial charge in [-0.15, -0.1) is 11.3 Å². The van der Waals surface area contributed by atoms with Crippen LogP contribution in [0.3, 0.4) is 0 Å². The zero-order chi connectivity index (χ0) is 13.1. The molecular formula is C9H12ClNO4S2. The SMILES string of the molecule is CCCN(CC(=O)O)S(=O)(=O)c1sccc1Cl. The summed E-state index contributed by atoms with van der Waals surface area (Å²) in [6, 6.07) is 1.48. The van der Waals surface area contributed by atoms with Gasteiger partial charge in [0.1, 0.15) is 6.54 Å². The maximum absolute atomic E-state index is 12.1. The highest BCUT2D eigenvalue weighted by molar-refractivity contribution is 7.91. The van der Waals surface area contributed by atoms with E-state index in [2.05, 4.69) is 0 Å². The van der Waals surface area contributed by atoms with Crippen LogP contribution in [0, 0.1) is 0 Å². The van der Waals surface area contributed by atoms with Crippen LogP contribution in [-0.2, 0) is 14.8 Å². The first-order chi connectivity index (χ1) is 7.89. The molecule has 0 radical (unpaired) electrons. The molecule has 0 spiro atoms. The Morgan fingerprint density at radius 1 is 1.59 bits per heavy atom. The third-order valence-electron chi connectivity index (χ3n) is 1.94. The lowest BCUT2D eigenvalue weighted by Crippen LogP contribution is -2.36. The Kier molecular flexibility index (Phi) is 4.93. The van der Waals surface area contributed by atoms with E-state index in [4.69, 9.17) is 16.7 Å². The van der Waals surface area contributed by atoms with Crippen LogP contribution in [0.15, 0.2) is 15.7 Å². The molecule has 0 aliphatic carbocycles. The van der Waals surface area contributed by atoms with Crippen molar-refractivity contribution in [2.24, 2.45) is 0 Å². The lowest BCUT2D eigenvalue weighted by molar-refractivity contribution is -0.137. The molecule has 0 amide bonds. The zero-order valence-corrected chi connectivity index (χ0v) is 11.5. The largest absolute Gasteiger partial charge is 0.480 e. The highest BCUT2D eigenvalue weighted by atomic mass is 35.5. The van der Waals surface area contributed by atoms with E-state index >= 15 is 0 Å². The fourth-order valence-corrected chi connectivity index (χ4v) is 4.56. The summed E-state index contributed by atoms with van der Waals surface area (Å²) in [6.45, 7) is 1.38. The number of thiophene rings is 1. The van der Waals surface area contributed by atoms with Gasteiger partial charge >= 0.3 is 5.97 Å². The lowest BCUT2D eigenvalue weighted by Gasteiger charge is -2.18. The first-order valence-corrected chi connectivity index (χ1v) is 7.54. The number of halogens is 1. The zero-order valence-electron chi connectivity index (χ0n) is 9.09. The van der Waals surface area contributed by atoms with Gasteiger partial charge in [0.05, 0.1) is 5.02 Å². The molecule has 17 heavy (non-hydrogen) atoms. The first kappa shape index (κ1) is 14.4. The molecule has 0 fully saturated rings. The van der Waals surface area contributed by atoms with Crippen LogP contribution in [0.5, 0.6) is 0 Å². The number of sulfonamides is 1. The Hall–Kier alpha value is -0.630. The highest BCUT2D eigenvalue weighted by Gasteiger charge is 2.28. The van der Waals surface area contributed by atoms with Crippen LogP contribution in [0.1, 0.15) is 13.3 Å². The predicted molar refractivity (Wildman–Crippen MR) is 66.0 cm³/mol. The fraction of sp³-hybridized carbons (Fsp3) is 0.444. The minimum absolute atomic E-state index is 0.00568. The van der Waals surface area contributed by atoms with Crippen molar-refractivity contribution in [1.29, 1.82) is 0 Å². The van der Waals surface area contributed by atoms with Crippen molar-refractivity contribution in [3.05, 3.63) is 16.5 Å². The van der Waals surface area contributed by atoms with Crippen LogP contribution < -0.4 is 0 Å². The monoisotopic (exact) mass is 297 g/mol. The number of aliphatic carboxylic acids is 1. The van der Waals surface area contributed by atoms with E-state index < -0.39 is 22.5 Å². The minimum Gasteiger partial charge on any atom is -0.480 e. The second-order valence-electron chi connectivity index (χ2n) is 3.29. The van der Waals surface area contributed by atoms with Gasteiger partial charge in [-0.3, -0.25) is 4.79 Å². The number of hydrogen-bond acceptors (Lipinski definition) is 4. The molecule has 0 saturated heterocycles. The lowest BCUT2D eigenvalue weighted by atomic mass is 10.5. The maximum atomic E-state index is 12.1. The second kappa shape index (κ2) is 5.81. The van der Waals surface area contributed by atoms with Gasteiger partial charge in [-0.05, 0) is 17.9 Å². The van der Waals surface area contributed by atoms with Crippen LogP contribution in [0.2, 0.25) is 5.02 Å². The van der Waals surface area contributed by atoms with E-state index in [9.17, 15) is 13.2 Å². The van der Waals surface area contributed by atoms with Crippen LogP contribution in [-0.4, -0.2) is 36.9 Å². The number of rotatable bonds is 6. The van der Waals surface area contributed by atoms with Gasteiger partial charge in [0.15, 0.2) is 4.21 Å². The average molecular weight is 298 g/mol. The van der Waals surface area contributed by atoms with E-state index in [-0.39, 0.29) is 15.8 Å². The van der Waals surface area contributed by atoms with Crippen LogP contribution in [0.4, 0.5) is 0 Å². The Balaban J connectivity index is 3.08. The van der Waals surface area contributed by atoms with Crippen molar-refractivity contribution in [2.45, 2.75) is 17.6 Å². The molecule has 5 nitrogen and oxygen atoms in total. The molecule has 0 aliphatic rings. The van der Waals surface area contributed by atoms with Crippen LogP contribution in [0.25, 0.3) is 0 Å². The molecule has 0 bridgehead atoms. The first-order valence-electron chi connectivity index (χ1n) is 4.84. The molecule has 0 saturated carbocycles. The molecule has 8 heteroatoms. The molecule has 1 aromatic heterocycles. The quantitative estimate of drug-likeness (QED) is 0.870. The Morgan fingerprint density at radius 2 is 2.24 bits per heavy atom. The molecule has 1 heterocycles. The highest BCUT2D eigenvalue weighted by Crippen LogP contribution is 2.29. The van der Waals surface area contributed by atoms with Gasteiger partial charge in [0.2, 0.25) is 0 Å². The Bertz CT molecular complexity index is 497. The predicted octanol–water partition coefficient (Wildman–Crippen LogP) is 1.89. The van der Waals surface area contributed by atoms with E-state index in [1.54, 1.807) is 12.3 Å². The second-order valence-corrected chi connectivity index (χ2v) is 6.74. The van der Waals surface area contributed by atoms with Gasteiger partial charge < -0.3 is 5.11 Å². The number of carbonyl (C=O) groups is 1. The molecule has 1 N–H and O–H groups in total. The van der Waals surface area contributed by atoms with E-state index in [1.807, 2.05) is 0 Å². The van der Waals surface area contributed by atoms with Crippen molar-refractivity contribution >= 4 is 38.9 Å². The molecular weight excluding hydrogens is 286 g/mol. The third kappa shape index (κ3) is 3.41. The summed E-state index contributed by atoms with van der Waals surface area (Å²) < 4.78 is 25.2. The van der Waals surface area contributed by atoms with Gasteiger partial charge in [-0.2, -0.15) is 4.31 Å². The molecule has 0 aliphatic heterocycles. The topological polar surface area (TPSA) is 74.7 Å². The summed E-state index contributed by atoms with van der Waals surface area (Å²) in [5, 5.41) is 10.4. The van der Waals surface area contributed by atoms with Gasteiger partial charge in [-0.25, -0.2) is 8.42 Å². The molecule has 0 atom stereocenters. The van der Waals surface area contributed by atoms with E-state index in [1.165, 1.54) is 6.07 Å². The standard InChI is InChI=1S/C9H12ClNO4S2/c1-2-4-11(6-8(12)13)17(14,15)9-7(10)3-5-16-9/h3,5H,2,4,6H2,1H3,(H,12,13). The number of carboxylic acid groups (broad SMARTS) is 1. The van der Waals surface area contributed by atoms with Crippen molar-refractivity contribution in [3.8, 4) is 0 Å². The molecule has 0 aromatic carbocycles. The molecule has 96 valence electrons. The fourth-order valence-electron chi connectivity index (χ4n) is 1.27. The minimum atomic E-state index is -3.81. The number of hydrogen-bond donors (Lipinski definition) is 1. The Labute approximate surface area is 109 Å². The third-order valence-corrected chi connectivity index (χ3v) is 5.79.